The molecule has 1 nitrogen and oxygen atoms in total. The lowest BCUT2D eigenvalue weighted by atomic mass is 10.1. The van der Waals surface area contributed by atoms with E-state index < -0.39 is 0 Å². The molecule has 1 saturated heterocycles. The molecule has 1 heterocycles. The van der Waals surface area contributed by atoms with Gasteiger partial charge >= 0.3 is 0 Å². The summed E-state index contributed by atoms with van der Waals surface area (Å²) < 4.78 is 0. The molecular formula is C9H19NS. The summed E-state index contributed by atoms with van der Waals surface area (Å²) in [4.78, 5) is 2.59. The first-order chi connectivity index (χ1) is 5.11. The fourth-order valence-corrected chi connectivity index (χ4v) is 2.30. The van der Waals surface area contributed by atoms with E-state index in [1.54, 1.807) is 0 Å². The number of nitrogens with zero attached hydrogens (tertiary/aromatic N) is 1. The Labute approximate surface area is 74.5 Å². The molecule has 0 unspecified atom stereocenters. The fourth-order valence-electron chi connectivity index (χ4n) is 1.42. The molecule has 0 spiro atoms. The van der Waals surface area contributed by atoms with Gasteiger partial charge < -0.3 is 0 Å². The quantitative estimate of drug-likeness (QED) is 0.552. The average molecular weight is 173 g/mol. The first kappa shape index (κ1) is 9.40. The second-order valence-electron chi connectivity index (χ2n) is 4.12. The van der Waals surface area contributed by atoms with Crippen LogP contribution in [-0.2, 0) is 0 Å². The van der Waals surface area contributed by atoms with Crippen LogP contribution in [0.15, 0.2) is 0 Å². The van der Waals surface area contributed by atoms with E-state index in [0.717, 1.165) is 0 Å². The Morgan fingerprint density at radius 3 is 2.45 bits per heavy atom. The number of rotatable bonds is 0. The van der Waals surface area contributed by atoms with E-state index in [2.05, 4.69) is 37.4 Å². The summed E-state index contributed by atoms with van der Waals surface area (Å²) >= 11 is 2.09. The Morgan fingerprint density at radius 2 is 1.82 bits per heavy atom. The molecule has 0 aliphatic carbocycles. The topological polar surface area (TPSA) is 3.24 Å². The van der Waals surface area contributed by atoms with E-state index in [9.17, 15) is 0 Å². The molecule has 0 atom stereocenters. The summed E-state index contributed by atoms with van der Waals surface area (Å²) in [7, 11) is 0. The number of hydrogen-bond donors (Lipinski definition) is 0. The zero-order valence-electron chi connectivity index (χ0n) is 7.89. The van der Waals surface area contributed by atoms with Gasteiger partial charge in [0.25, 0.3) is 0 Å². The summed E-state index contributed by atoms with van der Waals surface area (Å²) in [6.45, 7) is 9.49. The third kappa shape index (κ3) is 3.04. The van der Waals surface area contributed by atoms with Gasteiger partial charge in [-0.2, -0.15) is 11.8 Å². The van der Waals surface area contributed by atoms with Crippen molar-refractivity contribution in [1.29, 1.82) is 0 Å². The van der Waals surface area contributed by atoms with E-state index in [1.807, 2.05) is 0 Å². The van der Waals surface area contributed by atoms with Gasteiger partial charge in [0.2, 0.25) is 0 Å². The molecule has 0 saturated carbocycles. The number of thioether (sulfide) groups is 1. The van der Waals surface area contributed by atoms with Crippen LogP contribution in [0.1, 0.15) is 27.2 Å². The second kappa shape index (κ2) is 3.81. The summed E-state index contributed by atoms with van der Waals surface area (Å²) in [5.74, 6) is 2.67. The van der Waals surface area contributed by atoms with Gasteiger partial charge in [0.05, 0.1) is 0 Å². The molecule has 0 radical (unpaired) electrons. The Hall–Kier alpha value is 0.310. The van der Waals surface area contributed by atoms with E-state index in [0.29, 0.717) is 5.54 Å². The van der Waals surface area contributed by atoms with Crippen LogP contribution in [0.25, 0.3) is 0 Å². The predicted molar refractivity (Wildman–Crippen MR) is 53.3 cm³/mol. The van der Waals surface area contributed by atoms with E-state index in [-0.39, 0.29) is 0 Å². The van der Waals surface area contributed by atoms with Crippen molar-refractivity contribution in [3.05, 3.63) is 0 Å². The van der Waals surface area contributed by atoms with Crippen molar-refractivity contribution in [1.82, 2.24) is 4.90 Å². The van der Waals surface area contributed by atoms with Gasteiger partial charge in [0.1, 0.15) is 0 Å². The fraction of sp³-hybridized carbons (Fsp3) is 1.00. The van der Waals surface area contributed by atoms with Crippen LogP contribution in [0.2, 0.25) is 0 Å². The van der Waals surface area contributed by atoms with Crippen LogP contribution < -0.4 is 0 Å². The summed E-state index contributed by atoms with van der Waals surface area (Å²) in [5.41, 5.74) is 0.380. The maximum absolute atomic E-state index is 2.59. The lowest BCUT2D eigenvalue weighted by Gasteiger charge is -2.34. The minimum atomic E-state index is 0.380. The molecule has 0 N–H and O–H groups in total. The molecule has 0 bridgehead atoms. The van der Waals surface area contributed by atoms with Crippen molar-refractivity contribution >= 4 is 11.8 Å². The highest BCUT2D eigenvalue weighted by Crippen LogP contribution is 2.18. The van der Waals surface area contributed by atoms with E-state index >= 15 is 0 Å². The smallest absolute Gasteiger partial charge is 0.0125 e. The highest BCUT2D eigenvalue weighted by atomic mass is 32.2. The van der Waals surface area contributed by atoms with Crippen LogP contribution >= 0.6 is 11.8 Å². The van der Waals surface area contributed by atoms with Crippen molar-refractivity contribution in [3.63, 3.8) is 0 Å². The van der Waals surface area contributed by atoms with Gasteiger partial charge in [-0.15, -0.1) is 0 Å². The average Bonchev–Trinajstić information content (AvgIpc) is 2.10. The molecule has 66 valence electrons. The van der Waals surface area contributed by atoms with E-state index in [1.165, 1.54) is 31.0 Å². The standard InChI is InChI=1S/C9H19NS/c1-9(2,3)10-5-4-7-11-8-6-10/h4-8H2,1-3H3. The number of hydrogen-bond acceptors (Lipinski definition) is 2. The second-order valence-corrected chi connectivity index (χ2v) is 5.35. The van der Waals surface area contributed by atoms with Gasteiger partial charge in [-0.05, 0) is 39.5 Å². The molecule has 2 heteroatoms. The maximum Gasteiger partial charge on any atom is 0.0125 e. The van der Waals surface area contributed by atoms with Crippen LogP contribution in [0.3, 0.4) is 0 Å². The van der Waals surface area contributed by atoms with Crippen molar-refractivity contribution < 1.29 is 0 Å². The van der Waals surface area contributed by atoms with Crippen LogP contribution in [-0.4, -0.2) is 35.0 Å². The molecule has 1 aliphatic heterocycles. The SMILES string of the molecule is CC(C)(C)N1CCCSCC1. The first-order valence-corrected chi connectivity index (χ1v) is 5.59. The predicted octanol–water partition coefficient (Wildman–Crippen LogP) is 2.22. The molecule has 1 fully saturated rings. The van der Waals surface area contributed by atoms with E-state index in [4.69, 9.17) is 0 Å². The molecule has 1 rings (SSSR count). The van der Waals surface area contributed by atoms with Crippen LogP contribution in [0.5, 0.6) is 0 Å². The Balaban J connectivity index is 2.43. The van der Waals surface area contributed by atoms with Gasteiger partial charge in [-0.1, -0.05) is 0 Å². The zero-order valence-corrected chi connectivity index (χ0v) is 8.71. The Bertz CT molecular complexity index is 109. The van der Waals surface area contributed by atoms with Crippen molar-refractivity contribution in [2.24, 2.45) is 0 Å². The van der Waals surface area contributed by atoms with Gasteiger partial charge in [0, 0.05) is 17.8 Å². The van der Waals surface area contributed by atoms with Crippen LogP contribution in [0, 0.1) is 0 Å². The molecule has 11 heavy (non-hydrogen) atoms. The highest BCUT2D eigenvalue weighted by molar-refractivity contribution is 7.99. The third-order valence-corrected chi connectivity index (χ3v) is 3.22. The molecular weight excluding hydrogens is 154 g/mol. The lowest BCUT2D eigenvalue weighted by Crippen LogP contribution is -2.42. The lowest BCUT2D eigenvalue weighted by molar-refractivity contribution is 0.149. The molecule has 0 aromatic rings. The monoisotopic (exact) mass is 173 g/mol. The third-order valence-electron chi connectivity index (χ3n) is 2.17. The Kier molecular flexibility index (Phi) is 3.26. The summed E-state index contributed by atoms with van der Waals surface area (Å²) in [6.07, 6.45) is 1.36. The zero-order chi connectivity index (χ0) is 8.32. The van der Waals surface area contributed by atoms with Gasteiger partial charge in [-0.3, -0.25) is 4.90 Å². The van der Waals surface area contributed by atoms with Crippen molar-refractivity contribution in [2.45, 2.75) is 32.7 Å². The molecule has 1 aliphatic rings. The normalized spacial score (nSPS) is 23.2. The Morgan fingerprint density at radius 1 is 1.09 bits per heavy atom. The maximum atomic E-state index is 2.59. The highest BCUT2D eigenvalue weighted by Gasteiger charge is 2.21. The van der Waals surface area contributed by atoms with Gasteiger partial charge in [-0.25, -0.2) is 0 Å². The summed E-state index contributed by atoms with van der Waals surface area (Å²) in [5, 5.41) is 0. The minimum Gasteiger partial charge on any atom is -0.298 e. The van der Waals surface area contributed by atoms with Gasteiger partial charge in [0.15, 0.2) is 0 Å². The van der Waals surface area contributed by atoms with Crippen molar-refractivity contribution in [3.8, 4) is 0 Å². The molecule has 0 amide bonds. The molecule has 0 aromatic carbocycles. The first-order valence-electron chi connectivity index (χ1n) is 4.43. The summed E-state index contributed by atoms with van der Waals surface area (Å²) in [6, 6.07) is 0. The van der Waals surface area contributed by atoms with Crippen molar-refractivity contribution in [2.75, 3.05) is 24.6 Å². The van der Waals surface area contributed by atoms with Crippen LogP contribution in [0.4, 0.5) is 0 Å². The molecule has 0 aromatic heterocycles. The minimum absolute atomic E-state index is 0.380. The largest absolute Gasteiger partial charge is 0.298 e.